The molecule has 0 aliphatic heterocycles. The second kappa shape index (κ2) is 7.13. The highest BCUT2D eigenvalue weighted by Gasteiger charge is 2.26. The summed E-state index contributed by atoms with van der Waals surface area (Å²) in [5.74, 6) is -0.995. The summed E-state index contributed by atoms with van der Waals surface area (Å²) in [5.41, 5.74) is 1.83. The Morgan fingerprint density at radius 2 is 1.33 bits per heavy atom. The van der Waals surface area contributed by atoms with Gasteiger partial charge >= 0.3 is 0 Å². The number of rotatable bonds is 3. The second-order valence-electron chi connectivity index (χ2n) is 6.21. The first-order chi connectivity index (χ1) is 13.2. The summed E-state index contributed by atoms with van der Waals surface area (Å²) in [6, 6.07) is 25.9. The highest BCUT2D eigenvalue weighted by atomic mass is 32.1. The van der Waals surface area contributed by atoms with Crippen LogP contribution in [-0.4, -0.2) is 15.5 Å². The lowest BCUT2D eigenvalue weighted by atomic mass is 9.90. The molecule has 0 aliphatic rings. The van der Waals surface area contributed by atoms with Crippen LogP contribution in [0.2, 0.25) is 0 Å². The Kier molecular flexibility index (Phi) is 4.52. The van der Waals surface area contributed by atoms with Crippen molar-refractivity contribution in [2.75, 3.05) is 0 Å². The summed E-state index contributed by atoms with van der Waals surface area (Å²) in [7, 11) is 0. The van der Waals surface area contributed by atoms with E-state index in [1.54, 1.807) is 18.2 Å². The highest BCUT2D eigenvalue weighted by molar-refractivity contribution is 7.71. The van der Waals surface area contributed by atoms with Crippen LogP contribution in [0.3, 0.4) is 0 Å². The third-order valence-corrected chi connectivity index (χ3v) is 4.82. The Hall–Kier alpha value is -3.31. The maximum absolute atomic E-state index is 13.5. The number of carbonyl (C=O) groups is 1. The zero-order valence-electron chi connectivity index (χ0n) is 14.3. The van der Waals surface area contributed by atoms with Crippen LogP contribution in [-0.2, 0) is 0 Å². The number of fused-ring (bicyclic) bond motifs is 1. The molecule has 132 valence electrons. The number of aromatic nitrogens is 2. The van der Waals surface area contributed by atoms with Gasteiger partial charge in [-0.05, 0) is 35.5 Å². The summed E-state index contributed by atoms with van der Waals surface area (Å²) in [4.78, 5) is 29.5. The van der Waals surface area contributed by atoms with E-state index in [1.807, 2.05) is 66.7 Å². The molecule has 1 N–H and O–H groups in total. The van der Waals surface area contributed by atoms with Crippen LogP contribution in [0.25, 0.3) is 10.9 Å². The molecule has 0 saturated heterocycles. The van der Waals surface area contributed by atoms with Crippen LogP contribution in [0.5, 0.6) is 0 Å². The molecule has 4 nitrogen and oxygen atoms in total. The van der Waals surface area contributed by atoms with Crippen molar-refractivity contribution in [3.8, 4) is 0 Å². The van der Waals surface area contributed by atoms with Crippen LogP contribution in [0.15, 0.2) is 89.7 Å². The molecule has 0 aliphatic carbocycles. The van der Waals surface area contributed by atoms with Crippen molar-refractivity contribution in [1.82, 2.24) is 9.55 Å². The van der Waals surface area contributed by atoms with E-state index in [0.717, 1.165) is 15.7 Å². The van der Waals surface area contributed by atoms with Gasteiger partial charge in [-0.15, -0.1) is 0 Å². The zero-order valence-corrected chi connectivity index (χ0v) is 15.1. The van der Waals surface area contributed by atoms with Crippen LogP contribution >= 0.6 is 12.2 Å². The molecule has 0 amide bonds. The first-order valence-corrected chi connectivity index (χ1v) is 8.96. The van der Waals surface area contributed by atoms with Gasteiger partial charge in [0.25, 0.3) is 5.56 Å². The van der Waals surface area contributed by atoms with E-state index in [9.17, 15) is 9.59 Å². The molecule has 1 aromatic heterocycles. The Morgan fingerprint density at radius 3 is 1.93 bits per heavy atom. The van der Waals surface area contributed by atoms with Gasteiger partial charge in [-0.1, -0.05) is 72.8 Å². The molecule has 0 saturated carbocycles. The Morgan fingerprint density at radius 1 is 0.815 bits per heavy atom. The van der Waals surface area contributed by atoms with Crippen molar-refractivity contribution in [3.63, 3.8) is 0 Å². The number of hydrogen-bond donors (Lipinski definition) is 1. The molecule has 0 bridgehead atoms. The van der Waals surface area contributed by atoms with E-state index in [2.05, 4.69) is 4.98 Å². The average Bonchev–Trinajstić information content (AvgIpc) is 2.70. The molecule has 1 heterocycles. The molecule has 3 aromatic carbocycles. The van der Waals surface area contributed by atoms with Gasteiger partial charge < -0.3 is 4.98 Å². The van der Waals surface area contributed by atoms with Crippen molar-refractivity contribution >= 4 is 29.0 Å². The normalized spacial score (nSPS) is 11.0. The fourth-order valence-electron chi connectivity index (χ4n) is 3.26. The first kappa shape index (κ1) is 17.1. The molecule has 0 radical (unpaired) electrons. The lowest BCUT2D eigenvalue weighted by Crippen LogP contribution is -2.32. The minimum absolute atomic E-state index is 0.0977. The fraction of sp³-hybridized carbons (Fsp3) is 0.0455. The number of nitrogens with zero attached hydrogens (tertiary/aromatic N) is 1. The van der Waals surface area contributed by atoms with Gasteiger partial charge in [-0.3, -0.25) is 9.59 Å². The van der Waals surface area contributed by atoms with Gasteiger partial charge in [0.2, 0.25) is 5.91 Å². The molecule has 0 fully saturated rings. The standard InChI is InChI=1S/C22H16N2O2S/c25-20-17-13-7-8-14-18(17)23-22(27)24(20)21(26)19(15-9-3-1-4-10-15)16-11-5-2-6-12-16/h1-14,19H,(H,23,27). The summed E-state index contributed by atoms with van der Waals surface area (Å²) < 4.78 is 1.17. The van der Waals surface area contributed by atoms with Crippen molar-refractivity contribution < 1.29 is 4.79 Å². The molecule has 27 heavy (non-hydrogen) atoms. The van der Waals surface area contributed by atoms with Gasteiger partial charge in [-0.2, -0.15) is 0 Å². The van der Waals surface area contributed by atoms with Crippen LogP contribution < -0.4 is 5.56 Å². The van der Waals surface area contributed by atoms with Gasteiger partial charge in [-0.25, -0.2) is 4.57 Å². The Balaban J connectivity index is 1.95. The predicted octanol–water partition coefficient (Wildman–Crippen LogP) is 4.53. The number of carbonyl (C=O) groups excluding carboxylic acids is 1. The van der Waals surface area contributed by atoms with Crippen LogP contribution in [0, 0.1) is 4.77 Å². The minimum atomic E-state index is -0.624. The average molecular weight is 372 g/mol. The summed E-state index contributed by atoms with van der Waals surface area (Å²) in [5, 5.41) is 0.430. The van der Waals surface area contributed by atoms with Gasteiger partial charge in [0.15, 0.2) is 4.77 Å². The largest absolute Gasteiger partial charge is 0.331 e. The maximum Gasteiger partial charge on any atom is 0.269 e. The smallest absolute Gasteiger partial charge is 0.269 e. The number of benzene rings is 3. The maximum atomic E-state index is 13.5. The Labute approximate surface area is 160 Å². The van der Waals surface area contributed by atoms with Crippen LogP contribution in [0.4, 0.5) is 0 Å². The predicted molar refractivity (Wildman–Crippen MR) is 109 cm³/mol. The summed E-state index contributed by atoms with van der Waals surface area (Å²) >= 11 is 5.35. The fourth-order valence-corrected chi connectivity index (χ4v) is 3.54. The lowest BCUT2D eigenvalue weighted by Gasteiger charge is -2.18. The quantitative estimate of drug-likeness (QED) is 0.538. The first-order valence-electron chi connectivity index (χ1n) is 8.55. The molecular formula is C22H16N2O2S. The monoisotopic (exact) mass is 372 g/mol. The van der Waals surface area contributed by atoms with E-state index in [1.165, 1.54) is 0 Å². The molecule has 4 aromatic rings. The van der Waals surface area contributed by atoms with Gasteiger partial charge in [0, 0.05) is 0 Å². The van der Waals surface area contributed by atoms with E-state index in [0.29, 0.717) is 10.9 Å². The Bertz CT molecular complexity index is 1190. The zero-order chi connectivity index (χ0) is 18.8. The molecular weight excluding hydrogens is 356 g/mol. The van der Waals surface area contributed by atoms with Crippen molar-refractivity contribution in [2.24, 2.45) is 0 Å². The molecule has 0 unspecified atom stereocenters. The van der Waals surface area contributed by atoms with E-state index in [-0.39, 0.29) is 10.7 Å². The molecule has 0 atom stereocenters. The van der Waals surface area contributed by atoms with E-state index >= 15 is 0 Å². The lowest BCUT2D eigenvalue weighted by molar-refractivity contribution is 0.0886. The number of nitrogens with one attached hydrogen (secondary N) is 1. The topological polar surface area (TPSA) is 54.9 Å². The summed E-state index contributed by atoms with van der Waals surface area (Å²) in [6.07, 6.45) is 0. The van der Waals surface area contributed by atoms with Gasteiger partial charge in [0.05, 0.1) is 16.8 Å². The molecule has 0 spiro atoms. The van der Waals surface area contributed by atoms with Crippen molar-refractivity contribution in [1.29, 1.82) is 0 Å². The highest BCUT2D eigenvalue weighted by Crippen LogP contribution is 2.26. The van der Waals surface area contributed by atoms with Crippen molar-refractivity contribution in [2.45, 2.75) is 5.92 Å². The summed E-state index contributed by atoms with van der Waals surface area (Å²) in [6.45, 7) is 0. The van der Waals surface area contributed by atoms with Crippen LogP contribution in [0.1, 0.15) is 21.8 Å². The number of aromatic amines is 1. The van der Waals surface area contributed by atoms with E-state index < -0.39 is 11.5 Å². The number of para-hydroxylation sites is 1. The van der Waals surface area contributed by atoms with E-state index in [4.69, 9.17) is 12.2 Å². The second-order valence-corrected chi connectivity index (χ2v) is 6.60. The van der Waals surface area contributed by atoms with Gasteiger partial charge in [0.1, 0.15) is 0 Å². The third kappa shape index (κ3) is 3.13. The molecule has 4 rings (SSSR count). The SMILES string of the molecule is O=C(C(c1ccccc1)c1ccccc1)n1c(=S)[nH]c2ccccc2c1=O. The number of H-pyrrole nitrogens is 1. The molecule has 5 heteroatoms. The van der Waals surface area contributed by atoms with Crippen molar-refractivity contribution in [3.05, 3.63) is 111 Å². The third-order valence-electron chi connectivity index (χ3n) is 4.54. The minimum Gasteiger partial charge on any atom is -0.331 e. The number of hydrogen-bond acceptors (Lipinski definition) is 3.